The molecule has 0 unspecified atom stereocenters. The minimum Gasteiger partial charge on any atom is -0.152 e. The molecule has 0 aliphatic carbocycles. The van der Waals surface area contributed by atoms with Crippen LogP contribution in [-0.2, 0) is 0 Å². The van der Waals surface area contributed by atoms with Crippen LogP contribution < -0.4 is 0 Å². The standard InChI is InChI=1S/C18H10S2/c1-3-13-9-18(16-6-8-20-12-16)14(4-2)10-17(13)15-5-7-19-11-15/h1-2,5-12H. The Morgan fingerprint density at radius 3 is 1.50 bits per heavy atom. The molecule has 0 N–H and O–H groups in total. The molecule has 0 aliphatic heterocycles. The van der Waals surface area contributed by atoms with Crippen molar-refractivity contribution in [3.05, 3.63) is 56.9 Å². The number of rotatable bonds is 2. The van der Waals surface area contributed by atoms with Crippen molar-refractivity contribution in [2.75, 3.05) is 0 Å². The van der Waals surface area contributed by atoms with Crippen molar-refractivity contribution in [2.45, 2.75) is 0 Å². The molecule has 2 aromatic heterocycles. The maximum absolute atomic E-state index is 5.67. The first kappa shape index (κ1) is 12.8. The topological polar surface area (TPSA) is 0 Å². The van der Waals surface area contributed by atoms with Crippen LogP contribution in [0, 0.1) is 24.7 Å². The van der Waals surface area contributed by atoms with Crippen LogP contribution in [0.25, 0.3) is 22.3 Å². The average molecular weight is 290 g/mol. The highest BCUT2D eigenvalue weighted by Gasteiger charge is 2.11. The van der Waals surface area contributed by atoms with Gasteiger partial charge >= 0.3 is 0 Å². The van der Waals surface area contributed by atoms with E-state index in [0.717, 1.165) is 33.4 Å². The summed E-state index contributed by atoms with van der Waals surface area (Å²) in [6.45, 7) is 0. The van der Waals surface area contributed by atoms with Gasteiger partial charge in [-0.15, -0.1) is 12.8 Å². The molecule has 3 rings (SSSR count). The van der Waals surface area contributed by atoms with E-state index in [2.05, 4.69) is 34.7 Å². The monoisotopic (exact) mass is 290 g/mol. The highest BCUT2D eigenvalue weighted by molar-refractivity contribution is 7.08. The van der Waals surface area contributed by atoms with Gasteiger partial charge in [-0.1, -0.05) is 11.8 Å². The second-order valence-electron chi connectivity index (χ2n) is 4.26. The summed E-state index contributed by atoms with van der Waals surface area (Å²) >= 11 is 3.30. The lowest BCUT2D eigenvalue weighted by Gasteiger charge is -2.09. The Labute approximate surface area is 126 Å². The lowest BCUT2D eigenvalue weighted by atomic mass is 9.93. The predicted octanol–water partition coefficient (Wildman–Crippen LogP) is 5.11. The Bertz CT molecular complexity index is 736. The molecule has 2 heteroatoms. The van der Waals surface area contributed by atoms with Gasteiger partial charge in [-0.05, 0) is 68.0 Å². The molecule has 3 aromatic rings. The quantitative estimate of drug-likeness (QED) is 0.576. The Kier molecular flexibility index (Phi) is 3.44. The third kappa shape index (κ3) is 2.17. The number of hydrogen-bond donors (Lipinski definition) is 0. The van der Waals surface area contributed by atoms with E-state index < -0.39 is 0 Å². The molecular formula is C18H10S2. The Hall–Kier alpha value is -2.26. The zero-order valence-corrected chi connectivity index (χ0v) is 12.2. The molecule has 20 heavy (non-hydrogen) atoms. The number of hydrogen-bond acceptors (Lipinski definition) is 2. The SMILES string of the molecule is C#Cc1cc(-c2ccsc2)c(C#C)cc1-c1ccsc1. The van der Waals surface area contributed by atoms with Crippen molar-refractivity contribution >= 4 is 22.7 Å². The Balaban J connectivity index is 2.26. The summed E-state index contributed by atoms with van der Waals surface area (Å²) < 4.78 is 0. The van der Waals surface area contributed by atoms with Crippen molar-refractivity contribution in [1.82, 2.24) is 0 Å². The van der Waals surface area contributed by atoms with E-state index in [1.807, 2.05) is 22.9 Å². The molecule has 0 radical (unpaired) electrons. The molecule has 0 saturated carbocycles. The van der Waals surface area contributed by atoms with Crippen LogP contribution in [0.2, 0.25) is 0 Å². The van der Waals surface area contributed by atoms with Crippen molar-refractivity contribution in [1.29, 1.82) is 0 Å². The summed E-state index contributed by atoms with van der Waals surface area (Å²) in [4.78, 5) is 0. The van der Waals surface area contributed by atoms with Gasteiger partial charge in [-0.25, -0.2) is 0 Å². The molecule has 0 atom stereocenters. The van der Waals surface area contributed by atoms with Crippen molar-refractivity contribution in [3.63, 3.8) is 0 Å². The van der Waals surface area contributed by atoms with Crippen LogP contribution in [-0.4, -0.2) is 0 Å². The van der Waals surface area contributed by atoms with Gasteiger partial charge in [0.25, 0.3) is 0 Å². The van der Waals surface area contributed by atoms with Crippen LogP contribution in [0.4, 0.5) is 0 Å². The normalized spacial score (nSPS) is 9.90. The zero-order valence-electron chi connectivity index (χ0n) is 10.6. The van der Waals surface area contributed by atoms with Crippen molar-refractivity contribution < 1.29 is 0 Å². The summed E-state index contributed by atoms with van der Waals surface area (Å²) in [6, 6.07) is 8.16. The zero-order chi connectivity index (χ0) is 13.9. The van der Waals surface area contributed by atoms with E-state index >= 15 is 0 Å². The lowest BCUT2D eigenvalue weighted by Crippen LogP contribution is -1.90. The van der Waals surface area contributed by atoms with Gasteiger partial charge in [0.15, 0.2) is 0 Å². The van der Waals surface area contributed by atoms with E-state index in [1.165, 1.54) is 0 Å². The average Bonchev–Trinajstić information content (AvgIpc) is 3.18. The van der Waals surface area contributed by atoms with Crippen LogP contribution in [0.1, 0.15) is 11.1 Å². The third-order valence-electron chi connectivity index (χ3n) is 3.13. The van der Waals surface area contributed by atoms with Crippen molar-refractivity contribution in [2.24, 2.45) is 0 Å². The molecule has 94 valence electrons. The van der Waals surface area contributed by atoms with Gasteiger partial charge in [0.2, 0.25) is 0 Å². The first-order valence-corrected chi connectivity index (χ1v) is 7.88. The summed E-state index contributed by atoms with van der Waals surface area (Å²) in [6.07, 6.45) is 11.3. The number of terminal acetylenes is 2. The predicted molar refractivity (Wildman–Crippen MR) is 88.9 cm³/mol. The number of benzene rings is 1. The minimum absolute atomic E-state index is 0.878. The summed E-state index contributed by atoms with van der Waals surface area (Å²) in [5.74, 6) is 5.55. The molecule has 0 spiro atoms. The Morgan fingerprint density at radius 1 is 0.750 bits per heavy atom. The molecule has 0 amide bonds. The maximum atomic E-state index is 5.67. The Morgan fingerprint density at radius 2 is 1.20 bits per heavy atom. The highest BCUT2D eigenvalue weighted by Crippen LogP contribution is 2.33. The first-order valence-electron chi connectivity index (χ1n) is 6.00. The van der Waals surface area contributed by atoms with Gasteiger partial charge in [-0.2, -0.15) is 22.7 Å². The molecule has 2 heterocycles. The molecular weight excluding hydrogens is 280 g/mol. The van der Waals surface area contributed by atoms with E-state index in [0.29, 0.717) is 0 Å². The fourth-order valence-electron chi connectivity index (χ4n) is 2.15. The van der Waals surface area contributed by atoms with Crippen molar-refractivity contribution in [3.8, 4) is 46.9 Å². The van der Waals surface area contributed by atoms with Gasteiger partial charge in [0.05, 0.1) is 0 Å². The van der Waals surface area contributed by atoms with Crippen LogP contribution in [0.3, 0.4) is 0 Å². The highest BCUT2D eigenvalue weighted by atomic mass is 32.1. The molecule has 1 aromatic carbocycles. The van der Waals surface area contributed by atoms with E-state index in [-0.39, 0.29) is 0 Å². The second kappa shape index (κ2) is 5.39. The van der Waals surface area contributed by atoms with Crippen LogP contribution >= 0.6 is 22.7 Å². The van der Waals surface area contributed by atoms with Gasteiger partial charge in [-0.3, -0.25) is 0 Å². The smallest absolute Gasteiger partial charge is 0.0328 e. The van der Waals surface area contributed by atoms with Crippen LogP contribution in [0.5, 0.6) is 0 Å². The van der Waals surface area contributed by atoms with E-state index in [4.69, 9.17) is 12.8 Å². The van der Waals surface area contributed by atoms with Gasteiger partial charge < -0.3 is 0 Å². The summed E-state index contributed by atoms with van der Waals surface area (Å²) in [5, 5.41) is 8.25. The molecule has 0 fully saturated rings. The summed E-state index contributed by atoms with van der Waals surface area (Å²) in [5.41, 5.74) is 6.06. The fraction of sp³-hybridized carbons (Fsp3) is 0. The largest absolute Gasteiger partial charge is 0.152 e. The molecule has 0 saturated heterocycles. The second-order valence-corrected chi connectivity index (χ2v) is 5.82. The van der Waals surface area contributed by atoms with E-state index in [1.54, 1.807) is 22.7 Å². The number of thiophene rings is 2. The van der Waals surface area contributed by atoms with Crippen LogP contribution in [0.15, 0.2) is 45.8 Å². The molecule has 0 bridgehead atoms. The van der Waals surface area contributed by atoms with Gasteiger partial charge in [0.1, 0.15) is 0 Å². The third-order valence-corrected chi connectivity index (χ3v) is 4.50. The lowest BCUT2D eigenvalue weighted by molar-refractivity contribution is 1.57. The first-order chi connectivity index (χ1) is 9.83. The maximum Gasteiger partial charge on any atom is 0.0328 e. The minimum atomic E-state index is 0.878. The molecule has 0 nitrogen and oxygen atoms in total. The van der Waals surface area contributed by atoms with E-state index in [9.17, 15) is 0 Å². The van der Waals surface area contributed by atoms with Gasteiger partial charge in [0, 0.05) is 11.1 Å². The molecule has 0 aliphatic rings. The summed E-state index contributed by atoms with van der Waals surface area (Å²) in [7, 11) is 0. The fourth-order valence-corrected chi connectivity index (χ4v) is 3.46.